The van der Waals surface area contributed by atoms with Gasteiger partial charge in [0.05, 0.1) is 10.9 Å². The third-order valence-corrected chi connectivity index (χ3v) is 7.23. The van der Waals surface area contributed by atoms with E-state index in [1.807, 2.05) is 6.92 Å². The molecule has 0 bridgehead atoms. The lowest BCUT2D eigenvalue weighted by Gasteiger charge is -2.21. The first-order chi connectivity index (χ1) is 16.3. The van der Waals surface area contributed by atoms with Gasteiger partial charge >= 0.3 is 0 Å². The van der Waals surface area contributed by atoms with Crippen molar-refractivity contribution >= 4 is 21.7 Å². The van der Waals surface area contributed by atoms with Crippen molar-refractivity contribution in [3.8, 4) is 11.5 Å². The Balaban J connectivity index is 1.43. The zero-order valence-corrected chi connectivity index (χ0v) is 19.5. The Morgan fingerprint density at radius 3 is 2.56 bits per heavy atom. The number of sulfonamides is 1. The maximum atomic E-state index is 13.2. The summed E-state index contributed by atoms with van der Waals surface area (Å²) in [7, 11) is -3.83. The van der Waals surface area contributed by atoms with Crippen LogP contribution in [-0.2, 0) is 14.8 Å². The number of aromatic nitrogens is 1. The summed E-state index contributed by atoms with van der Waals surface area (Å²) in [5, 5.41) is 3.92. The summed E-state index contributed by atoms with van der Waals surface area (Å²) >= 11 is 0. The Morgan fingerprint density at radius 1 is 1.06 bits per heavy atom. The van der Waals surface area contributed by atoms with Crippen molar-refractivity contribution in [2.45, 2.75) is 31.2 Å². The van der Waals surface area contributed by atoms with Crippen LogP contribution in [0.5, 0.6) is 11.5 Å². The standard InChI is InChI=1S/C24H23N3O6S/c1-15-3-6-19(7-4-15)34(29,30)26-20(18-5-8-21-22(12-18)32-14-31-21)10-17-11-24(28)27(13-17)23-9-16(2)33-25-23/h3-9,11-12,20,26H,10,13-14H2,1-2H3. The smallest absolute Gasteiger partial charge is 0.252 e. The van der Waals surface area contributed by atoms with Crippen LogP contribution in [0.2, 0.25) is 0 Å². The molecule has 0 radical (unpaired) electrons. The second kappa shape index (κ2) is 8.62. The number of anilines is 1. The second-order valence-corrected chi connectivity index (χ2v) is 10.0. The zero-order valence-electron chi connectivity index (χ0n) is 18.6. The molecule has 0 aliphatic carbocycles. The van der Waals surface area contributed by atoms with Crippen LogP contribution in [0.3, 0.4) is 0 Å². The van der Waals surface area contributed by atoms with E-state index < -0.39 is 16.1 Å². The van der Waals surface area contributed by atoms with Crippen LogP contribution in [0.4, 0.5) is 5.82 Å². The van der Waals surface area contributed by atoms with Gasteiger partial charge in [0.25, 0.3) is 5.91 Å². The molecular formula is C24H23N3O6S. The molecule has 0 spiro atoms. The summed E-state index contributed by atoms with van der Waals surface area (Å²) in [5.74, 6) is 1.95. The van der Waals surface area contributed by atoms with Crippen LogP contribution < -0.4 is 19.1 Å². The van der Waals surface area contributed by atoms with Crippen molar-refractivity contribution in [2.75, 3.05) is 18.2 Å². The minimum atomic E-state index is -3.83. The molecule has 2 aromatic carbocycles. The molecule has 1 aromatic heterocycles. The minimum Gasteiger partial charge on any atom is -0.454 e. The van der Waals surface area contributed by atoms with Crippen LogP contribution in [-0.4, -0.2) is 32.8 Å². The Bertz CT molecular complexity index is 1380. The topological polar surface area (TPSA) is 111 Å². The second-order valence-electron chi connectivity index (χ2n) is 8.33. The Morgan fingerprint density at radius 2 is 1.82 bits per heavy atom. The molecule has 10 heteroatoms. The van der Waals surface area contributed by atoms with E-state index in [0.717, 1.165) is 11.1 Å². The van der Waals surface area contributed by atoms with Gasteiger partial charge in [-0.15, -0.1) is 0 Å². The van der Waals surface area contributed by atoms with Gasteiger partial charge in [0.1, 0.15) is 5.76 Å². The van der Waals surface area contributed by atoms with Gasteiger partial charge < -0.3 is 14.0 Å². The lowest BCUT2D eigenvalue weighted by atomic mass is 9.99. The van der Waals surface area contributed by atoms with E-state index in [9.17, 15) is 13.2 Å². The first-order valence-corrected chi connectivity index (χ1v) is 12.2. The van der Waals surface area contributed by atoms with Crippen molar-refractivity contribution in [1.29, 1.82) is 0 Å². The van der Waals surface area contributed by atoms with Crippen LogP contribution >= 0.6 is 0 Å². The highest BCUT2D eigenvalue weighted by molar-refractivity contribution is 7.89. The van der Waals surface area contributed by atoms with E-state index in [1.54, 1.807) is 55.5 Å². The molecule has 1 unspecified atom stereocenters. The fourth-order valence-electron chi connectivity index (χ4n) is 3.97. The van der Waals surface area contributed by atoms with Crippen molar-refractivity contribution in [2.24, 2.45) is 0 Å². The predicted molar refractivity (Wildman–Crippen MR) is 123 cm³/mol. The van der Waals surface area contributed by atoms with E-state index in [1.165, 1.54) is 11.0 Å². The molecule has 1 atom stereocenters. The summed E-state index contributed by atoms with van der Waals surface area (Å²) in [6, 6.07) is 13.0. The van der Waals surface area contributed by atoms with Crippen molar-refractivity contribution in [3.63, 3.8) is 0 Å². The van der Waals surface area contributed by atoms with Gasteiger partial charge in [0.2, 0.25) is 16.8 Å². The highest BCUT2D eigenvalue weighted by atomic mass is 32.2. The average Bonchev–Trinajstić information content (AvgIpc) is 3.52. The number of amides is 1. The molecule has 9 nitrogen and oxygen atoms in total. The maximum Gasteiger partial charge on any atom is 0.252 e. The van der Waals surface area contributed by atoms with Gasteiger partial charge in [-0.3, -0.25) is 9.69 Å². The SMILES string of the molecule is Cc1ccc(S(=O)(=O)NC(CC2=CC(=O)N(c3cc(C)on3)C2)c2ccc3c(c2)OCO3)cc1. The monoisotopic (exact) mass is 481 g/mol. The number of aryl methyl sites for hydroxylation is 2. The normalized spacial score (nSPS) is 16.1. The first-order valence-electron chi connectivity index (χ1n) is 10.7. The summed E-state index contributed by atoms with van der Waals surface area (Å²) in [6.45, 7) is 4.05. The molecule has 34 heavy (non-hydrogen) atoms. The number of ether oxygens (including phenoxy) is 2. The van der Waals surface area contributed by atoms with Crippen LogP contribution in [0.15, 0.2) is 69.6 Å². The van der Waals surface area contributed by atoms with E-state index in [0.29, 0.717) is 28.6 Å². The molecule has 3 aromatic rings. The fourth-order valence-corrected chi connectivity index (χ4v) is 5.19. The molecule has 1 N–H and O–H groups in total. The number of fused-ring (bicyclic) bond motifs is 1. The lowest BCUT2D eigenvalue weighted by molar-refractivity contribution is -0.113. The van der Waals surface area contributed by atoms with E-state index in [2.05, 4.69) is 9.88 Å². The fraction of sp³-hybridized carbons (Fsp3) is 0.250. The number of carbonyl (C=O) groups excluding carboxylic acids is 1. The Labute approximate surface area is 197 Å². The summed E-state index contributed by atoms with van der Waals surface area (Å²) in [6.07, 6.45) is 1.80. The molecule has 3 heterocycles. The van der Waals surface area contributed by atoms with Gasteiger partial charge in [-0.25, -0.2) is 13.1 Å². The number of nitrogens with zero attached hydrogens (tertiary/aromatic N) is 2. The molecule has 5 rings (SSSR count). The van der Waals surface area contributed by atoms with Crippen LogP contribution in [0, 0.1) is 13.8 Å². The van der Waals surface area contributed by atoms with Crippen LogP contribution in [0.1, 0.15) is 29.3 Å². The number of benzene rings is 2. The van der Waals surface area contributed by atoms with E-state index in [-0.39, 0.29) is 30.6 Å². The van der Waals surface area contributed by atoms with Gasteiger partial charge in [0, 0.05) is 18.7 Å². The Hall–Kier alpha value is -3.63. The van der Waals surface area contributed by atoms with Gasteiger partial charge in [-0.05, 0) is 55.7 Å². The van der Waals surface area contributed by atoms with Crippen molar-refractivity contribution in [1.82, 2.24) is 9.88 Å². The van der Waals surface area contributed by atoms with Gasteiger partial charge in [-0.1, -0.05) is 28.9 Å². The number of rotatable bonds is 7. The predicted octanol–water partition coefficient (Wildman–Crippen LogP) is 3.40. The third-order valence-electron chi connectivity index (χ3n) is 5.74. The maximum absolute atomic E-state index is 13.2. The molecule has 0 fully saturated rings. The highest BCUT2D eigenvalue weighted by Gasteiger charge is 2.30. The molecule has 0 saturated heterocycles. The molecular weight excluding hydrogens is 458 g/mol. The average molecular weight is 482 g/mol. The molecule has 176 valence electrons. The largest absolute Gasteiger partial charge is 0.454 e. The van der Waals surface area contributed by atoms with Crippen molar-refractivity contribution in [3.05, 3.63) is 77.1 Å². The number of nitrogens with one attached hydrogen (secondary N) is 1. The van der Waals surface area contributed by atoms with Crippen LogP contribution in [0.25, 0.3) is 0 Å². The van der Waals surface area contributed by atoms with Crippen molar-refractivity contribution < 1.29 is 27.2 Å². The van der Waals surface area contributed by atoms with Gasteiger partial charge in [-0.2, -0.15) is 0 Å². The quantitative estimate of drug-likeness (QED) is 0.551. The molecule has 1 amide bonds. The number of carbonyl (C=O) groups is 1. The number of hydrogen-bond acceptors (Lipinski definition) is 7. The molecule has 2 aliphatic rings. The summed E-state index contributed by atoms with van der Waals surface area (Å²) < 4.78 is 45.2. The van der Waals surface area contributed by atoms with E-state index in [4.69, 9.17) is 14.0 Å². The minimum absolute atomic E-state index is 0.115. The van der Waals surface area contributed by atoms with Gasteiger partial charge in [0.15, 0.2) is 17.3 Å². The summed E-state index contributed by atoms with van der Waals surface area (Å²) in [5.41, 5.74) is 2.42. The Kier molecular flexibility index (Phi) is 5.62. The lowest BCUT2D eigenvalue weighted by Crippen LogP contribution is -2.30. The summed E-state index contributed by atoms with van der Waals surface area (Å²) in [4.78, 5) is 14.3. The molecule has 0 saturated carbocycles. The molecule has 2 aliphatic heterocycles. The zero-order chi connectivity index (χ0) is 23.9. The first kappa shape index (κ1) is 22.2. The highest BCUT2D eigenvalue weighted by Crippen LogP contribution is 2.36. The number of hydrogen-bond donors (Lipinski definition) is 1. The third kappa shape index (κ3) is 4.42. The van der Waals surface area contributed by atoms with E-state index >= 15 is 0 Å².